The zero-order valence-corrected chi connectivity index (χ0v) is 14.4. The Hall–Kier alpha value is -1.68. The standard InChI is InChI=1S/C17H24NO4P/c1-4-7-13-18(15-17(19)21-6-3)23(20,22-14-5-2)16-11-9-8-10-12-16/h4-5,8-12H,1-2,6-7,13-15H2,3H3. The molecule has 6 heteroatoms. The van der Waals surface area contributed by atoms with Crippen LogP contribution in [0.5, 0.6) is 0 Å². The third-order valence-corrected chi connectivity index (χ3v) is 5.57. The van der Waals surface area contributed by atoms with E-state index in [-0.39, 0.29) is 19.8 Å². The van der Waals surface area contributed by atoms with Gasteiger partial charge in [0, 0.05) is 6.54 Å². The van der Waals surface area contributed by atoms with Crippen LogP contribution in [0.1, 0.15) is 13.3 Å². The second-order valence-electron chi connectivity index (χ2n) is 4.71. The van der Waals surface area contributed by atoms with Crippen LogP contribution in [0.25, 0.3) is 0 Å². The minimum Gasteiger partial charge on any atom is -0.465 e. The predicted octanol–water partition coefficient (Wildman–Crippen LogP) is 3.15. The molecule has 0 radical (unpaired) electrons. The van der Waals surface area contributed by atoms with E-state index >= 15 is 0 Å². The molecule has 1 aromatic rings. The zero-order valence-electron chi connectivity index (χ0n) is 13.5. The van der Waals surface area contributed by atoms with E-state index < -0.39 is 13.5 Å². The molecule has 0 amide bonds. The fraction of sp³-hybridized carbons (Fsp3) is 0.353. The van der Waals surface area contributed by atoms with Gasteiger partial charge in [-0.15, -0.1) is 13.2 Å². The van der Waals surface area contributed by atoms with Crippen LogP contribution in [0, 0.1) is 0 Å². The van der Waals surface area contributed by atoms with Crippen LogP contribution < -0.4 is 5.30 Å². The highest BCUT2D eigenvalue weighted by Gasteiger charge is 2.35. The first-order chi connectivity index (χ1) is 11.1. The summed E-state index contributed by atoms with van der Waals surface area (Å²) >= 11 is 0. The number of rotatable bonds is 11. The molecule has 0 aliphatic carbocycles. The molecular weight excluding hydrogens is 313 g/mol. The minimum absolute atomic E-state index is 0.106. The smallest absolute Gasteiger partial charge is 0.320 e. The van der Waals surface area contributed by atoms with Gasteiger partial charge in [0.05, 0.1) is 18.5 Å². The monoisotopic (exact) mass is 337 g/mol. The normalized spacial score (nSPS) is 13.3. The Labute approximate surface area is 138 Å². The number of carbonyl (C=O) groups is 1. The maximum absolute atomic E-state index is 13.5. The first kappa shape index (κ1) is 19.4. The molecule has 1 rings (SSSR count). The lowest BCUT2D eigenvalue weighted by molar-refractivity contribution is -0.143. The molecule has 0 aromatic heterocycles. The largest absolute Gasteiger partial charge is 0.465 e. The van der Waals surface area contributed by atoms with Crippen molar-refractivity contribution in [2.45, 2.75) is 13.3 Å². The molecule has 0 fully saturated rings. The summed E-state index contributed by atoms with van der Waals surface area (Å²) in [6, 6.07) is 8.87. The number of benzene rings is 1. The van der Waals surface area contributed by atoms with Crippen LogP contribution in [0.3, 0.4) is 0 Å². The van der Waals surface area contributed by atoms with E-state index in [0.29, 0.717) is 18.3 Å². The lowest BCUT2D eigenvalue weighted by Crippen LogP contribution is -2.34. The molecule has 0 saturated carbocycles. The molecular formula is C17H24NO4P. The maximum atomic E-state index is 13.5. The maximum Gasteiger partial charge on any atom is 0.320 e. The first-order valence-electron chi connectivity index (χ1n) is 7.51. The summed E-state index contributed by atoms with van der Waals surface area (Å²) in [4.78, 5) is 11.9. The van der Waals surface area contributed by atoms with E-state index in [1.807, 2.05) is 6.07 Å². The van der Waals surface area contributed by atoms with Crippen molar-refractivity contribution < 1.29 is 18.6 Å². The minimum atomic E-state index is -3.39. The van der Waals surface area contributed by atoms with Crippen LogP contribution in [-0.2, 0) is 18.6 Å². The highest BCUT2D eigenvalue weighted by Crippen LogP contribution is 2.49. The summed E-state index contributed by atoms with van der Waals surface area (Å²) in [6.07, 6.45) is 3.82. The lowest BCUT2D eigenvalue weighted by Gasteiger charge is -2.30. The Kier molecular flexibility index (Phi) is 8.56. The van der Waals surface area contributed by atoms with Gasteiger partial charge in [0.2, 0.25) is 0 Å². The van der Waals surface area contributed by atoms with E-state index in [1.165, 1.54) is 10.7 Å². The molecule has 0 aliphatic heterocycles. The Morgan fingerprint density at radius 2 is 1.96 bits per heavy atom. The van der Waals surface area contributed by atoms with Crippen molar-refractivity contribution in [3.8, 4) is 0 Å². The fourth-order valence-electron chi connectivity index (χ4n) is 1.99. The molecule has 0 spiro atoms. The van der Waals surface area contributed by atoms with E-state index in [9.17, 15) is 9.36 Å². The zero-order chi connectivity index (χ0) is 17.1. The van der Waals surface area contributed by atoms with E-state index in [2.05, 4.69) is 13.2 Å². The van der Waals surface area contributed by atoms with Crippen LogP contribution in [0.4, 0.5) is 0 Å². The molecule has 1 aromatic carbocycles. The van der Waals surface area contributed by atoms with Gasteiger partial charge < -0.3 is 9.26 Å². The van der Waals surface area contributed by atoms with Gasteiger partial charge in [-0.1, -0.05) is 30.4 Å². The summed E-state index contributed by atoms with van der Waals surface area (Å²) in [7, 11) is -3.39. The molecule has 0 bridgehead atoms. The Balaban J connectivity index is 3.14. The Bertz CT molecular complexity index is 559. The second-order valence-corrected chi connectivity index (χ2v) is 7.09. The molecule has 0 aliphatic rings. The van der Waals surface area contributed by atoms with Crippen LogP contribution in [0.2, 0.25) is 0 Å². The van der Waals surface area contributed by atoms with Gasteiger partial charge in [-0.2, -0.15) is 0 Å². The van der Waals surface area contributed by atoms with Crippen LogP contribution in [-0.4, -0.2) is 36.9 Å². The van der Waals surface area contributed by atoms with E-state index in [1.54, 1.807) is 37.3 Å². The molecule has 0 heterocycles. The highest BCUT2D eigenvalue weighted by molar-refractivity contribution is 7.64. The van der Waals surface area contributed by atoms with Gasteiger partial charge in [0.1, 0.15) is 6.54 Å². The van der Waals surface area contributed by atoms with Crippen molar-refractivity contribution in [2.24, 2.45) is 0 Å². The lowest BCUT2D eigenvalue weighted by atomic mass is 10.4. The van der Waals surface area contributed by atoms with Crippen molar-refractivity contribution in [1.82, 2.24) is 4.67 Å². The molecule has 23 heavy (non-hydrogen) atoms. The summed E-state index contributed by atoms with van der Waals surface area (Å²) in [5, 5.41) is 0.537. The second kappa shape index (κ2) is 10.2. The summed E-state index contributed by atoms with van der Waals surface area (Å²) < 4.78 is 25.7. The number of carbonyl (C=O) groups excluding carboxylic acids is 1. The molecule has 126 valence electrons. The SMILES string of the molecule is C=CCCN(CC(=O)OCC)P(=O)(OCC=C)c1ccccc1. The topological polar surface area (TPSA) is 55.8 Å². The first-order valence-corrected chi connectivity index (χ1v) is 9.09. The van der Waals surface area contributed by atoms with Crippen molar-refractivity contribution in [1.29, 1.82) is 0 Å². The Morgan fingerprint density at radius 1 is 1.26 bits per heavy atom. The van der Waals surface area contributed by atoms with Crippen LogP contribution in [0.15, 0.2) is 55.6 Å². The average Bonchev–Trinajstić information content (AvgIpc) is 2.57. The van der Waals surface area contributed by atoms with Gasteiger partial charge in [0.25, 0.3) is 0 Å². The van der Waals surface area contributed by atoms with Gasteiger partial charge in [-0.05, 0) is 25.5 Å². The number of hydrogen-bond acceptors (Lipinski definition) is 4. The van der Waals surface area contributed by atoms with Gasteiger partial charge in [0.15, 0.2) is 0 Å². The molecule has 1 unspecified atom stereocenters. The van der Waals surface area contributed by atoms with Crippen molar-refractivity contribution in [2.75, 3.05) is 26.3 Å². The van der Waals surface area contributed by atoms with Crippen molar-refractivity contribution >= 4 is 18.8 Å². The summed E-state index contributed by atoms with van der Waals surface area (Å²) in [5.41, 5.74) is 0. The van der Waals surface area contributed by atoms with Gasteiger partial charge in [-0.3, -0.25) is 9.36 Å². The summed E-state index contributed by atoms with van der Waals surface area (Å²) in [5.74, 6) is -0.435. The molecule has 1 atom stereocenters. The third kappa shape index (κ3) is 5.79. The molecule has 0 saturated heterocycles. The Morgan fingerprint density at radius 3 is 2.52 bits per heavy atom. The van der Waals surface area contributed by atoms with Gasteiger partial charge >= 0.3 is 13.5 Å². The number of ether oxygens (including phenoxy) is 1. The molecule has 0 N–H and O–H groups in total. The number of nitrogens with zero attached hydrogens (tertiary/aromatic N) is 1. The number of hydrogen-bond donors (Lipinski definition) is 0. The summed E-state index contributed by atoms with van der Waals surface area (Å²) in [6.45, 7) is 9.68. The number of esters is 1. The highest BCUT2D eigenvalue weighted by atomic mass is 31.2. The predicted molar refractivity (Wildman–Crippen MR) is 92.9 cm³/mol. The quantitative estimate of drug-likeness (QED) is 0.353. The van der Waals surface area contributed by atoms with E-state index in [4.69, 9.17) is 9.26 Å². The molecule has 5 nitrogen and oxygen atoms in total. The van der Waals surface area contributed by atoms with E-state index in [0.717, 1.165) is 0 Å². The van der Waals surface area contributed by atoms with Crippen molar-refractivity contribution in [3.63, 3.8) is 0 Å². The third-order valence-electron chi connectivity index (χ3n) is 3.03. The van der Waals surface area contributed by atoms with Crippen molar-refractivity contribution in [3.05, 3.63) is 55.6 Å². The van der Waals surface area contributed by atoms with Crippen LogP contribution >= 0.6 is 7.52 Å². The fourth-order valence-corrected chi connectivity index (χ4v) is 4.17. The average molecular weight is 337 g/mol. The van der Waals surface area contributed by atoms with Gasteiger partial charge in [-0.25, -0.2) is 4.67 Å².